The molecule has 124 valence electrons. The average molecular weight is 341 g/mol. The van der Waals surface area contributed by atoms with Crippen molar-refractivity contribution in [2.45, 2.75) is 5.41 Å². The smallest absolute Gasteiger partial charge is 0.245 e. The molecule has 1 unspecified atom stereocenters. The first-order valence-corrected chi connectivity index (χ1v) is 7.98. The molecule has 0 saturated carbocycles. The Morgan fingerprint density at radius 2 is 1.73 bits per heavy atom. The van der Waals surface area contributed by atoms with E-state index in [4.69, 9.17) is 10.5 Å². The number of anilines is 1. The molecule has 5 rings (SSSR count). The number of rotatable bonds is 0. The molecule has 2 aromatic rings. The van der Waals surface area contributed by atoms with Gasteiger partial charge < -0.3 is 15.8 Å². The van der Waals surface area contributed by atoms with Gasteiger partial charge in [-0.1, -0.05) is 42.5 Å². The highest BCUT2D eigenvalue weighted by atomic mass is 16.5. The molecule has 2 aromatic carbocycles. The summed E-state index contributed by atoms with van der Waals surface area (Å²) in [5.74, 6) is -0.727. The molecule has 6 heteroatoms. The highest BCUT2D eigenvalue weighted by Crippen LogP contribution is 2.56. The van der Waals surface area contributed by atoms with Crippen LogP contribution in [0.2, 0.25) is 0 Å². The summed E-state index contributed by atoms with van der Waals surface area (Å²) in [5, 5.41) is 12.6. The SMILES string of the molecule is N#CC1=C(N)OC2=C(C(=O)c3ccccc32)C12C(=O)Nc1ccccc12. The molecule has 2 heterocycles. The van der Waals surface area contributed by atoms with Crippen LogP contribution in [0.3, 0.4) is 0 Å². The summed E-state index contributed by atoms with van der Waals surface area (Å²) in [5.41, 5.74) is 6.59. The molecule has 1 amide bonds. The van der Waals surface area contributed by atoms with Crippen molar-refractivity contribution in [2.75, 3.05) is 5.32 Å². The fourth-order valence-electron chi connectivity index (χ4n) is 4.06. The van der Waals surface area contributed by atoms with E-state index in [1.165, 1.54) is 0 Å². The van der Waals surface area contributed by atoms with Crippen molar-refractivity contribution < 1.29 is 14.3 Å². The predicted octanol–water partition coefficient (Wildman–Crippen LogP) is 2.21. The van der Waals surface area contributed by atoms with E-state index in [-0.39, 0.29) is 28.6 Å². The Balaban J connectivity index is 1.92. The number of carbonyl (C=O) groups excluding carboxylic acids is 2. The van der Waals surface area contributed by atoms with Gasteiger partial charge in [-0.05, 0) is 6.07 Å². The van der Waals surface area contributed by atoms with Crippen molar-refractivity contribution in [3.8, 4) is 6.07 Å². The fraction of sp³-hybridized carbons (Fsp3) is 0.0500. The molecule has 1 atom stereocenters. The molecule has 1 aliphatic carbocycles. The van der Waals surface area contributed by atoms with Crippen LogP contribution in [0, 0.1) is 11.3 Å². The molecule has 6 nitrogen and oxygen atoms in total. The number of nitrogens with two attached hydrogens (primary N) is 1. The van der Waals surface area contributed by atoms with Gasteiger partial charge in [0.2, 0.25) is 11.8 Å². The lowest BCUT2D eigenvalue weighted by Gasteiger charge is -2.32. The Bertz CT molecular complexity index is 1150. The van der Waals surface area contributed by atoms with Gasteiger partial charge in [0.1, 0.15) is 22.8 Å². The van der Waals surface area contributed by atoms with Crippen molar-refractivity contribution >= 4 is 23.1 Å². The third-order valence-electron chi connectivity index (χ3n) is 5.11. The van der Waals surface area contributed by atoms with Crippen molar-refractivity contribution in [1.29, 1.82) is 5.26 Å². The van der Waals surface area contributed by atoms with Gasteiger partial charge in [0.15, 0.2) is 5.78 Å². The fourth-order valence-corrected chi connectivity index (χ4v) is 4.06. The zero-order chi connectivity index (χ0) is 18.1. The monoisotopic (exact) mass is 341 g/mol. The van der Waals surface area contributed by atoms with E-state index in [0.717, 1.165) is 0 Å². The second-order valence-electron chi connectivity index (χ2n) is 6.28. The average Bonchev–Trinajstić information content (AvgIpc) is 3.09. The maximum absolute atomic E-state index is 13.2. The summed E-state index contributed by atoms with van der Waals surface area (Å²) in [7, 11) is 0. The molecule has 0 aromatic heterocycles. The maximum atomic E-state index is 13.2. The van der Waals surface area contributed by atoms with Gasteiger partial charge in [-0.2, -0.15) is 5.26 Å². The zero-order valence-corrected chi connectivity index (χ0v) is 13.4. The summed E-state index contributed by atoms with van der Waals surface area (Å²) in [4.78, 5) is 26.4. The van der Waals surface area contributed by atoms with Crippen LogP contribution in [0.25, 0.3) is 5.76 Å². The van der Waals surface area contributed by atoms with Crippen LogP contribution >= 0.6 is 0 Å². The first-order valence-electron chi connectivity index (χ1n) is 7.98. The number of nitriles is 1. The quantitative estimate of drug-likeness (QED) is 0.764. The highest BCUT2D eigenvalue weighted by Gasteiger charge is 2.61. The van der Waals surface area contributed by atoms with Crippen molar-refractivity contribution in [2.24, 2.45) is 5.73 Å². The minimum absolute atomic E-state index is 0.0696. The summed E-state index contributed by atoms with van der Waals surface area (Å²) < 4.78 is 5.67. The van der Waals surface area contributed by atoms with Crippen molar-refractivity contribution in [1.82, 2.24) is 0 Å². The Kier molecular flexibility index (Phi) is 2.57. The van der Waals surface area contributed by atoms with Crippen LogP contribution in [0.15, 0.2) is 65.6 Å². The number of ketones is 1. The first kappa shape index (κ1) is 14.5. The normalized spacial score (nSPS) is 22.6. The number of ether oxygens (including phenoxy) is 1. The number of hydrogen-bond donors (Lipinski definition) is 2. The van der Waals surface area contributed by atoms with Gasteiger partial charge in [-0.3, -0.25) is 9.59 Å². The van der Waals surface area contributed by atoms with E-state index in [2.05, 4.69) is 5.32 Å². The van der Waals surface area contributed by atoms with Crippen LogP contribution in [0.5, 0.6) is 0 Å². The minimum Gasteiger partial charge on any atom is -0.439 e. The number of carbonyl (C=O) groups is 2. The van der Waals surface area contributed by atoms with E-state index >= 15 is 0 Å². The molecule has 3 N–H and O–H groups in total. The van der Waals surface area contributed by atoms with Gasteiger partial charge in [0.05, 0.1) is 5.57 Å². The topological polar surface area (TPSA) is 105 Å². The lowest BCUT2D eigenvalue weighted by atomic mass is 9.67. The second kappa shape index (κ2) is 4.61. The molecule has 0 fully saturated rings. The van der Waals surface area contributed by atoms with Gasteiger partial charge in [0.25, 0.3) is 0 Å². The number of para-hydroxylation sites is 1. The lowest BCUT2D eigenvalue weighted by Crippen LogP contribution is -2.44. The number of nitrogens with zero attached hydrogens (tertiary/aromatic N) is 1. The summed E-state index contributed by atoms with van der Waals surface area (Å²) in [6.45, 7) is 0. The molecule has 1 spiro atoms. The molecule has 26 heavy (non-hydrogen) atoms. The Hall–Kier alpha value is -3.85. The molecule has 0 bridgehead atoms. The van der Waals surface area contributed by atoms with E-state index in [9.17, 15) is 14.9 Å². The standard InChI is InChI=1S/C20H11N3O3/c21-9-13-18(22)26-17-11-6-2-1-5-10(11)16(24)15(17)20(13)12-7-3-4-8-14(12)23-19(20)25/h1-8H,22H2,(H,23,25). The van der Waals surface area contributed by atoms with E-state index in [0.29, 0.717) is 22.4 Å². The Morgan fingerprint density at radius 3 is 2.50 bits per heavy atom. The summed E-state index contributed by atoms with van der Waals surface area (Å²) in [6, 6.07) is 15.9. The number of amides is 1. The molecular weight excluding hydrogens is 330 g/mol. The second-order valence-corrected chi connectivity index (χ2v) is 6.28. The van der Waals surface area contributed by atoms with E-state index in [1.54, 1.807) is 48.5 Å². The molecule has 2 aliphatic heterocycles. The van der Waals surface area contributed by atoms with Crippen LogP contribution in [-0.2, 0) is 14.9 Å². The number of hydrogen-bond acceptors (Lipinski definition) is 5. The van der Waals surface area contributed by atoms with Crippen molar-refractivity contribution in [3.05, 3.63) is 82.3 Å². The maximum Gasteiger partial charge on any atom is 0.245 e. The largest absolute Gasteiger partial charge is 0.439 e. The first-order chi connectivity index (χ1) is 12.6. The number of fused-ring (bicyclic) bond motifs is 5. The van der Waals surface area contributed by atoms with Gasteiger partial charge >= 0.3 is 0 Å². The summed E-state index contributed by atoms with van der Waals surface area (Å²) >= 11 is 0. The third-order valence-corrected chi connectivity index (χ3v) is 5.11. The number of Topliss-reactive ketones (excluding diaryl/α,β-unsaturated/α-hetero) is 1. The zero-order valence-electron chi connectivity index (χ0n) is 13.4. The van der Waals surface area contributed by atoms with E-state index in [1.807, 2.05) is 6.07 Å². The molecular formula is C20H11N3O3. The number of nitrogens with one attached hydrogen (secondary N) is 1. The Labute approximate surface area is 148 Å². The number of benzene rings is 2. The van der Waals surface area contributed by atoms with Gasteiger partial charge in [0, 0.05) is 22.4 Å². The highest BCUT2D eigenvalue weighted by molar-refractivity contribution is 6.28. The van der Waals surface area contributed by atoms with Crippen LogP contribution < -0.4 is 11.1 Å². The molecule has 0 saturated heterocycles. The Morgan fingerprint density at radius 1 is 1.04 bits per heavy atom. The minimum atomic E-state index is -1.60. The van der Waals surface area contributed by atoms with Crippen LogP contribution in [0.4, 0.5) is 5.69 Å². The van der Waals surface area contributed by atoms with Crippen LogP contribution in [0.1, 0.15) is 21.5 Å². The van der Waals surface area contributed by atoms with Crippen LogP contribution in [-0.4, -0.2) is 11.7 Å². The third kappa shape index (κ3) is 1.42. The predicted molar refractivity (Wildman–Crippen MR) is 92.4 cm³/mol. The molecule has 0 radical (unpaired) electrons. The van der Waals surface area contributed by atoms with Gasteiger partial charge in [-0.15, -0.1) is 0 Å². The van der Waals surface area contributed by atoms with Crippen molar-refractivity contribution in [3.63, 3.8) is 0 Å². The lowest BCUT2D eigenvalue weighted by molar-refractivity contribution is -0.118. The molecule has 3 aliphatic rings. The summed E-state index contributed by atoms with van der Waals surface area (Å²) in [6.07, 6.45) is 0. The van der Waals surface area contributed by atoms with E-state index < -0.39 is 11.3 Å². The van der Waals surface area contributed by atoms with Gasteiger partial charge in [-0.25, -0.2) is 0 Å².